The van der Waals surface area contributed by atoms with Crippen molar-refractivity contribution in [1.29, 1.82) is 0 Å². The normalized spacial score (nSPS) is 18.5. The number of benzene rings is 1. The van der Waals surface area contributed by atoms with Gasteiger partial charge in [0.15, 0.2) is 9.84 Å². The minimum atomic E-state index is -3.29. The number of carboxylic acid groups (broad SMARTS) is 1. The Morgan fingerprint density at radius 2 is 1.95 bits per heavy atom. The number of carboxylic acids is 1. The van der Waals surface area contributed by atoms with Gasteiger partial charge in [-0.25, -0.2) is 18.0 Å². The Labute approximate surface area is 126 Å². The highest BCUT2D eigenvalue weighted by atomic mass is 32.2. The summed E-state index contributed by atoms with van der Waals surface area (Å²) in [7, 11) is -3.29. The Morgan fingerprint density at radius 1 is 1.33 bits per heavy atom. The molecule has 0 aliphatic carbocycles. The molecule has 114 valence electrons. The minimum absolute atomic E-state index is 0.153. The molecule has 0 unspecified atom stereocenters. The lowest BCUT2D eigenvalue weighted by atomic mass is 10.3. The van der Waals surface area contributed by atoms with Crippen LogP contribution in [0.4, 0.5) is 10.5 Å². The average molecular weight is 330 g/mol. The Balaban J connectivity index is 2.08. The van der Waals surface area contributed by atoms with E-state index in [1.165, 1.54) is 40.9 Å². The van der Waals surface area contributed by atoms with Gasteiger partial charge in [-0.05, 0) is 24.3 Å². The van der Waals surface area contributed by atoms with Crippen LogP contribution in [0.1, 0.15) is 0 Å². The molecule has 21 heavy (non-hydrogen) atoms. The predicted molar refractivity (Wildman–Crippen MR) is 79.2 cm³/mol. The number of hydrogen-bond donors (Lipinski definition) is 2. The third-order valence-electron chi connectivity index (χ3n) is 2.96. The summed E-state index contributed by atoms with van der Waals surface area (Å²) in [5.41, 5.74) is 0.411. The van der Waals surface area contributed by atoms with Crippen LogP contribution in [0.15, 0.2) is 29.2 Å². The van der Waals surface area contributed by atoms with Crippen LogP contribution in [0.25, 0.3) is 0 Å². The fourth-order valence-electron chi connectivity index (χ4n) is 1.83. The number of nitrogens with one attached hydrogen (secondary N) is 1. The van der Waals surface area contributed by atoms with Gasteiger partial charge in [0.2, 0.25) is 0 Å². The van der Waals surface area contributed by atoms with Crippen molar-refractivity contribution < 1.29 is 23.1 Å². The molecule has 1 saturated heterocycles. The van der Waals surface area contributed by atoms with Gasteiger partial charge in [-0.2, -0.15) is 0 Å². The van der Waals surface area contributed by atoms with Crippen molar-refractivity contribution >= 4 is 39.3 Å². The number of hydrogen-bond acceptors (Lipinski definition) is 5. The van der Waals surface area contributed by atoms with Gasteiger partial charge < -0.3 is 15.3 Å². The van der Waals surface area contributed by atoms with Gasteiger partial charge in [-0.15, -0.1) is 11.8 Å². The minimum Gasteiger partial charge on any atom is -0.480 e. The molecule has 1 aromatic rings. The Hall–Kier alpha value is -1.74. The molecule has 1 aliphatic rings. The summed E-state index contributed by atoms with van der Waals surface area (Å²) in [5, 5.41) is 11.6. The molecule has 2 amide bonds. The quantitative estimate of drug-likeness (QED) is 0.859. The second-order valence-corrected chi connectivity index (χ2v) is 7.57. The molecule has 0 bridgehead atoms. The largest absolute Gasteiger partial charge is 0.480 e. The zero-order valence-electron chi connectivity index (χ0n) is 11.1. The van der Waals surface area contributed by atoms with Crippen LogP contribution in [-0.4, -0.2) is 54.4 Å². The van der Waals surface area contributed by atoms with Crippen molar-refractivity contribution in [1.82, 2.24) is 4.90 Å². The molecule has 0 aromatic heterocycles. The van der Waals surface area contributed by atoms with Crippen molar-refractivity contribution in [3.8, 4) is 0 Å². The summed E-state index contributed by atoms with van der Waals surface area (Å²) >= 11 is 1.37. The summed E-state index contributed by atoms with van der Waals surface area (Å²) in [4.78, 5) is 24.4. The summed E-state index contributed by atoms with van der Waals surface area (Å²) in [6.45, 7) is 0. The molecule has 9 heteroatoms. The van der Waals surface area contributed by atoms with Crippen molar-refractivity contribution in [3.63, 3.8) is 0 Å². The first kappa shape index (κ1) is 15.6. The number of nitrogens with zero attached hydrogens (tertiary/aromatic N) is 1. The van der Waals surface area contributed by atoms with E-state index in [1.54, 1.807) is 0 Å². The number of rotatable bonds is 3. The predicted octanol–water partition coefficient (Wildman–Crippen LogP) is 1.08. The highest BCUT2D eigenvalue weighted by molar-refractivity contribution is 7.99. The second kappa shape index (κ2) is 5.94. The zero-order valence-corrected chi connectivity index (χ0v) is 12.8. The van der Waals surface area contributed by atoms with Crippen molar-refractivity contribution in [2.45, 2.75) is 10.9 Å². The maximum atomic E-state index is 12.0. The van der Waals surface area contributed by atoms with Gasteiger partial charge in [-0.1, -0.05) is 0 Å². The van der Waals surface area contributed by atoms with Crippen LogP contribution in [0, 0.1) is 0 Å². The van der Waals surface area contributed by atoms with E-state index in [4.69, 9.17) is 5.11 Å². The fourth-order valence-corrected chi connectivity index (χ4v) is 3.60. The number of anilines is 1. The number of amides is 2. The smallest absolute Gasteiger partial charge is 0.327 e. The first-order valence-electron chi connectivity index (χ1n) is 5.97. The molecule has 1 aliphatic heterocycles. The molecule has 2 rings (SSSR count). The molecule has 1 heterocycles. The van der Waals surface area contributed by atoms with Gasteiger partial charge in [0.25, 0.3) is 0 Å². The lowest BCUT2D eigenvalue weighted by Crippen LogP contribution is -2.43. The molecule has 1 atom stereocenters. The summed E-state index contributed by atoms with van der Waals surface area (Å²) in [5.74, 6) is -0.373. The number of urea groups is 1. The summed E-state index contributed by atoms with van der Waals surface area (Å²) in [6.07, 6.45) is 1.10. The number of carbonyl (C=O) groups is 2. The molecule has 0 spiro atoms. The summed E-state index contributed by atoms with van der Waals surface area (Å²) < 4.78 is 22.7. The Kier molecular flexibility index (Phi) is 4.43. The monoisotopic (exact) mass is 330 g/mol. The Morgan fingerprint density at radius 3 is 2.48 bits per heavy atom. The summed E-state index contributed by atoms with van der Waals surface area (Å²) in [6, 6.07) is 4.35. The first-order chi connectivity index (χ1) is 9.79. The molecule has 0 saturated carbocycles. The lowest BCUT2D eigenvalue weighted by molar-refractivity contribution is -0.140. The average Bonchev–Trinajstić information content (AvgIpc) is 2.87. The van der Waals surface area contributed by atoms with Crippen molar-refractivity contribution in [2.24, 2.45) is 0 Å². The molecular formula is C12H14N2O5S2. The van der Waals surface area contributed by atoms with Crippen LogP contribution in [0.3, 0.4) is 0 Å². The third-order valence-corrected chi connectivity index (χ3v) is 5.10. The first-order valence-corrected chi connectivity index (χ1v) is 9.02. The van der Waals surface area contributed by atoms with E-state index >= 15 is 0 Å². The van der Waals surface area contributed by atoms with Crippen LogP contribution in [0.5, 0.6) is 0 Å². The molecule has 0 radical (unpaired) electrons. The van der Waals surface area contributed by atoms with Crippen LogP contribution >= 0.6 is 11.8 Å². The van der Waals surface area contributed by atoms with E-state index in [1.807, 2.05) is 0 Å². The molecule has 7 nitrogen and oxygen atoms in total. The van der Waals surface area contributed by atoms with E-state index in [-0.39, 0.29) is 4.90 Å². The zero-order chi connectivity index (χ0) is 15.6. The van der Waals surface area contributed by atoms with E-state index in [9.17, 15) is 18.0 Å². The van der Waals surface area contributed by atoms with Crippen molar-refractivity contribution in [2.75, 3.05) is 23.2 Å². The topological polar surface area (TPSA) is 104 Å². The molecule has 1 aromatic carbocycles. The Bertz CT molecular complexity index is 657. The van der Waals surface area contributed by atoms with E-state index < -0.39 is 27.9 Å². The van der Waals surface area contributed by atoms with Gasteiger partial charge in [-0.3, -0.25) is 0 Å². The maximum Gasteiger partial charge on any atom is 0.327 e. The lowest BCUT2D eigenvalue weighted by Gasteiger charge is -2.20. The standard InChI is InChI=1S/C12H14N2O5S2/c1-21(18,19)9-4-2-8(3-5-9)13-12(17)14-7-20-6-10(14)11(15)16/h2-5,10H,6-7H2,1H3,(H,13,17)(H,15,16)/t10-/m0/s1. The number of thioether (sulfide) groups is 1. The van der Waals surface area contributed by atoms with Gasteiger partial charge in [0.1, 0.15) is 6.04 Å². The SMILES string of the molecule is CS(=O)(=O)c1ccc(NC(=O)N2CSC[C@H]2C(=O)O)cc1. The van der Waals surface area contributed by atoms with Crippen molar-refractivity contribution in [3.05, 3.63) is 24.3 Å². The third kappa shape index (κ3) is 3.67. The number of sulfone groups is 1. The highest BCUT2D eigenvalue weighted by Crippen LogP contribution is 2.22. The van der Waals surface area contributed by atoms with E-state index in [0.717, 1.165) is 6.26 Å². The number of aliphatic carboxylic acids is 1. The second-order valence-electron chi connectivity index (χ2n) is 4.55. The highest BCUT2D eigenvalue weighted by Gasteiger charge is 2.34. The van der Waals surface area contributed by atoms with Gasteiger partial charge in [0, 0.05) is 17.7 Å². The van der Waals surface area contributed by atoms with E-state index in [0.29, 0.717) is 17.3 Å². The van der Waals surface area contributed by atoms with Gasteiger partial charge in [0.05, 0.1) is 10.8 Å². The van der Waals surface area contributed by atoms with Gasteiger partial charge >= 0.3 is 12.0 Å². The van der Waals surface area contributed by atoms with E-state index in [2.05, 4.69) is 5.32 Å². The van der Waals surface area contributed by atoms with Crippen LogP contribution in [0.2, 0.25) is 0 Å². The molecule has 1 fully saturated rings. The van der Waals surface area contributed by atoms with Crippen LogP contribution < -0.4 is 5.32 Å². The molecular weight excluding hydrogens is 316 g/mol. The fraction of sp³-hybridized carbons (Fsp3) is 0.333. The molecule has 2 N–H and O–H groups in total. The number of carbonyl (C=O) groups excluding carboxylic acids is 1. The maximum absolute atomic E-state index is 12.0. The van der Waals surface area contributed by atoms with Crippen LogP contribution in [-0.2, 0) is 14.6 Å².